The van der Waals surface area contributed by atoms with Gasteiger partial charge in [-0.15, -0.1) is 0 Å². The van der Waals surface area contributed by atoms with Crippen LogP contribution in [-0.4, -0.2) is 29.9 Å². The summed E-state index contributed by atoms with van der Waals surface area (Å²) in [5.74, 6) is 1.65. The zero-order chi connectivity index (χ0) is 28.7. The molecule has 4 aliphatic carbocycles. The zero-order valence-corrected chi connectivity index (χ0v) is 24.7. The Balaban J connectivity index is 1.17. The van der Waals surface area contributed by atoms with Crippen molar-refractivity contribution in [3.8, 4) is 0 Å². The average molecular weight is 552 g/mol. The van der Waals surface area contributed by atoms with Crippen LogP contribution in [0, 0.1) is 17.8 Å². The second-order valence-corrected chi connectivity index (χ2v) is 14.2. The van der Waals surface area contributed by atoms with Crippen molar-refractivity contribution in [2.45, 2.75) is 89.5 Å². The Kier molecular flexibility index (Phi) is 6.01. The third kappa shape index (κ3) is 4.24. The van der Waals surface area contributed by atoms with Crippen LogP contribution in [0.4, 0.5) is 16.2 Å². The number of imide groups is 2. The minimum atomic E-state index is -0.695. The number of nitrogens with one attached hydrogen (secondary N) is 1. The molecule has 8 rings (SSSR count). The summed E-state index contributed by atoms with van der Waals surface area (Å²) in [6, 6.07) is 13.5. The highest BCUT2D eigenvalue weighted by Gasteiger charge is 2.51. The van der Waals surface area contributed by atoms with Gasteiger partial charge in [0.15, 0.2) is 0 Å². The number of nitrogens with zero attached hydrogens (tertiary/aromatic N) is 2. The molecule has 4 bridgehead atoms. The molecule has 6 heteroatoms. The summed E-state index contributed by atoms with van der Waals surface area (Å²) in [6.07, 6.45) is 10.6. The van der Waals surface area contributed by atoms with Gasteiger partial charge in [-0.1, -0.05) is 25.1 Å². The second kappa shape index (κ2) is 9.30. The number of urea groups is 1. The first-order chi connectivity index (χ1) is 19.6. The number of rotatable bonds is 4. The van der Waals surface area contributed by atoms with Crippen LogP contribution in [0.2, 0.25) is 0 Å². The topological polar surface area (TPSA) is 69.7 Å². The molecule has 1 saturated heterocycles. The van der Waals surface area contributed by atoms with E-state index in [0.29, 0.717) is 11.6 Å². The van der Waals surface area contributed by atoms with Crippen LogP contribution in [0.15, 0.2) is 48.0 Å². The maximum Gasteiger partial charge on any atom is 0.335 e. The lowest BCUT2D eigenvalue weighted by Crippen LogP contribution is -2.54. The van der Waals surface area contributed by atoms with Crippen molar-refractivity contribution in [1.29, 1.82) is 0 Å². The Labute approximate surface area is 243 Å². The number of amides is 4. The van der Waals surface area contributed by atoms with Gasteiger partial charge in [-0.2, -0.15) is 0 Å². The Morgan fingerprint density at radius 3 is 2.15 bits per heavy atom. The maximum absolute atomic E-state index is 13.7. The average Bonchev–Trinajstić information content (AvgIpc) is 2.90. The molecule has 0 radical (unpaired) electrons. The van der Waals surface area contributed by atoms with Crippen molar-refractivity contribution in [3.05, 3.63) is 64.7 Å². The zero-order valence-electron chi connectivity index (χ0n) is 24.7. The Bertz CT molecular complexity index is 1430. The van der Waals surface area contributed by atoms with Crippen LogP contribution in [0.25, 0.3) is 6.08 Å². The summed E-state index contributed by atoms with van der Waals surface area (Å²) in [5, 5.41) is 2.40. The van der Waals surface area contributed by atoms with Crippen LogP contribution in [0.3, 0.4) is 0 Å². The molecule has 2 heterocycles. The van der Waals surface area contributed by atoms with E-state index >= 15 is 0 Å². The molecule has 41 heavy (non-hydrogen) atoms. The van der Waals surface area contributed by atoms with E-state index in [9.17, 15) is 14.4 Å². The summed E-state index contributed by atoms with van der Waals surface area (Å²) in [4.78, 5) is 43.0. The fourth-order valence-electron chi connectivity index (χ4n) is 9.68. The molecule has 0 spiro atoms. The molecule has 2 aromatic rings. The van der Waals surface area contributed by atoms with E-state index in [0.717, 1.165) is 41.2 Å². The first kappa shape index (κ1) is 26.5. The highest BCUT2D eigenvalue weighted by atomic mass is 16.2. The summed E-state index contributed by atoms with van der Waals surface area (Å²) in [6.45, 7) is 9.86. The lowest BCUT2D eigenvalue weighted by molar-refractivity contribution is -0.122. The predicted octanol–water partition coefficient (Wildman–Crippen LogP) is 6.93. The number of carbonyl (C=O) groups is 3. The molecule has 6 aliphatic rings. The molecule has 4 saturated carbocycles. The largest absolute Gasteiger partial charge is 0.366 e. The first-order valence-corrected chi connectivity index (χ1v) is 15.5. The number of barbiturate groups is 1. The van der Waals surface area contributed by atoms with E-state index in [4.69, 9.17) is 0 Å². The fraction of sp³-hybridized carbons (Fsp3) is 0.514. The Morgan fingerprint density at radius 2 is 1.54 bits per heavy atom. The van der Waals surface area contributed by atoms with Gasteiger partial charge in [0, 0.05) is 17.8 Å². The third-order valence-corrected chi connectivity index (χ3v) is 10.9. The molecule has 0 aromatic heterocycles. The van der Waals surface area contributed by atoms with E-state index in [-0.39, 0.29) is 16.5 Å². The lowest BCUT2D eigenvalue weighted by Gasteiger charge is -2.57. The van der Waals surface area contributed by atoms with Gasteiger partial charge in [-0.25, -0.2) is 9.69 Å². The molecule has 214 valence electrons. The number of benzene rings is 2. The highest BCUT2D eigenvalue weighted by molar-refractivity contribution is 6.39. The number of hydrogen-bond acceptors (Lipinski definition) is 4. The Morgan fingerprint density at radius 1 is 0.902 bits per heavy atom. The van der Waals surface area contributed by atoms with Crippen molar-refractivity contribution < 1.29 is 14.4 Å². The molecule has 4 amide bonds. The van der Waals surface area contributed by atoms with E-state index in [1.165, 1.54) is 55.3 Å². The molecule has 1 atom stereocenters. The van der Waals surface area contributed by atoms with Crippen LogP contribution < -0.4 is 15.1 Å². The molecule has 1 unspecified atom stereocenters. The molecule has 2 aliphatic heterocycles. The van der Waals surface area contributed by atoms with Crippen molar-refractivity contribution in [2.75, 3.05) is 16.3 Å². The van der Waals surface area contributed by atoms with Gasteiger partial charge in [0.2, 0.25) is 0 Å². The molecular weight excluding hydrogens is 510 g/mol. The summed E-state index contributed by atoms with van der Waals surface area (Å²) >= 11 is 0. The summed E-state index contributed by atoms with van der Waals surface area (Å²) in [7, 11) is 0. The quantitative estimate of drug-likeness (QED) is 0.330. The van der Waals surface area contributed by atoms with Crippen LogP contribution in [-0.2, 0) is 15.0 Å². The molecule has 6 nitrogen and oxygen atoms in total. The molecule has 2 aromatic carbocycles. The van der Waals surface area contributed by atoms with Crippen molar-refractivity contribution >= 4 is 35.3 Å². The highest BCUT2D eigenvalue weighted by Crippen LogP contribution is 2.60. The van der Waals surface area contributed by atoms with Gasteiger partial charge < -0.3 is 4.90 Å². The predicted molar refractivity (Wildman–Crippen MR) is 162 cm³/mol. The number of hydrogen-bond donors (Lipinski definition) is 1. The van der Waals surface area contributed by atoms with E-state index in [1.54, 1.807) is 6.08 Å². The van der Waals surface area contributed by atoms with Crippen molar-refractivity contribution in [2.24, 2.45) is 17.8 Å². The van der Waals surface area contributed by atoms with E-state index in [1.807, 2.05) is 18.2 Å². The normalized spacial score (nSPS) is 32.9. The number of fused-ring (bicyclic) bond motifs is 1. The van der Waals surface area contributed by atoms with Gasteiger partial charge in [0.25, 0.3) is 11.8 Å². The first-order valence-electron chi connectivity index (χ1n) is 15.5. The third-order valence-electron chi connectivity index (χ3n) is 10.9. The molecular formula is C35H41N3O3. The minimum Gasteiger partial charge on any atom is -0.366 e. The number of carbonyl (C=O) groups excluding carboxylic acids is 3. The monoisotopic (exact) mass is 551 g/mol. The van der Waals surface area contributed by atoms with Gasteiger partial charge in [0.05, 0.1) is 5.69 Å². The minimum absolute atomic E-state index is 0.0224. The molecule has 5 fully saturated rings. The molecule has 1 N–H and O–H groups in total. The second-order valence-electron chi connectivity index (χ2n) is 14.2. The van der Waals surface area contributed by atoms with Gasteiger partial charge in [0.1, 0.15) is 5.57 Å². The van der Waals surface area contributed by atoms with Gasteiger partial charge in [-0.05, 0) is 142 Å². The standard InChI is InChI=1S/C35H41N3O3/c1-5-37-30-11-6-22(15-28(30)21(2)17-34(37,3)4)16-29-31(39)36-33(41)38(32(29)40)27-9-7-26(8-10-27)35-18-23-12-24(19-35)14-25(13-23)20-35/h6-11,15-16,21,23-25H,5,12-14,17-20H2,1-4H3,(H,36,39,41)/b29-16-. The SMILES string of the molecule is CCN1c2ccc(/C=C3/C(=O)NC(=O)N(c4ccc(C56CC7CC(CC(C7)C5)C6)cc4)C3=O)cc2C(C)CC1(C)C. The van der Waals surface area contributed by atoms with Gasteiger partial charge in [-0.3, -0.25) is 14.9 Å². The summed E-state index contributed by atoms with van der Waals surface area (Å²) in [5.41, 5.74) is 5.33. The maximum atomic E-state index is 13.7. The van der Waals surface area contributed by atoms with Crippen LogP contribution >= 0.6 is 0 Å². The fourth-order valence-corrected chi connectivity index (χ4v) is 9.68. The van der Waals surface area contributed by atoms with Crippen LogP contribution in [0.5, 0.6) is 0 Å². The Hall–Kier alpha value is -3.41. The van der Waals surface area contributed by atoms with Crippen molar-refractivity contribution in [1.82, 2.24) is 5.32 Å². The van der Waals surface area contributed by atoms with E-state index < -0.39 is 17.8 Å². The lowest BCUT2D eigenvalue weighted by atomic mass is 9.48. The smallest absolute Gasteiger partial charge is 0.335 e. The summed E-state index contributed by atoms with van der Waals surface area (Å²) < 4.78 is 0. The van der Waals surface area contributed by atoms with Crippen molar-refractivity contribution in [3.63, 3.8) is 0 Å². The van der Waals surface area contributed by atoms with E-state index in [2.05, 4.69) is 62.2 Å². The van der Waals surface area contributed by atoms with Crippen LogP contribution in [0.1, 0.15) is 95.2 Å². The number of anilines is 2. The van der Waals surface area contributed by atoms with Gasteiger partial charge >= 0.3 is 6.03 Å².